The van der Waals surface area contributed by atoms with E-state index in [1.165, 1.54) is 22.3 Å². The number of fused-ring (bicyclic) bond motifs is 1. The van der Waals surface area contributed by atoms with E-state index in [1.807, 2.05) is 18.2 Å². The molecule has 2 aromatic carbocycles. The molecule has 19 heavy (non-hydrogen) atoms. The van der Waals surface area contributed by atoms with Crippen molar-refractivity contribution < 1.29 is 0 Å². The molecule has 0 atom stereocenters. The van der Waals surface area contributed by atoms with Crippen molar-refractivity contribution in [3.05, 3.63) is 47.0 Å². The highest BCUT2D eigenvalue weighted by Crippen LogP contribution is 2.34. The van der Waals surface area contributed by atoms with E-state index in [2.05, 4.69) is 43.1 Å². The van der Waals surface area contributed by atoms with Crippen molar-refractivity contribution in [2.75, 3.05) is 5.73 Å². The number of H-pyrrole nitrogens is 1. The number of rotatable bonds is 1. The van der Waals surface area contributed by atoms with Gasteiger partial charge in [-0.2, -0.15) is 5.10 Å². The predicted molar refractivity (Wildman–Crippen MR) is 80.2 cm³/mol. The predicted octanol–water partition coefficient (Wildman–Crippen LogP) is 3.74. The van der Waals surface area contributed by atoms with Crippen LogP contribution in [-0.2, 0) is 0 Å². The summed E-state index contributed by atoms with van der Waals surface area (Å²) in [6, 6.07) is 10.2. The molecule has 3 heteroatoms. The summed E-state index contributed by atoms with van der Waals surface area (Å²) in [5.74, 6) is 0. The van der Waals surface area contributed by atoms with Gasteiger partial charge in [0.2, 0.25) is 0 Å². The van der Waals surface area contributed by atoms with Gasteiger partial charge in [0.1, 0.15) is 5.69 Å². The van der Waals surface area contributed by atoms with Crippen molar-refractivity contribution >= 4 is 16.6 Å². The number of aromatic nitrogens is 2. The van der Waals surface area contributed by atoms with Crippen LogP contribution in [0.5, 0.6) is 0 Å². The number of hydrogen-bond acceptors (Lipinski definition) is 2. The minimum absolute atomic E-state index is 0.764. The first-order valence-corrected chi connectivity index (χ1v) is 6.38. The zero-order chi connectivity index (χ0) is 13.6. The van der Waals surface area contributed by atoms with Crippen LogP contribution in [0, 0.1) is 20.8 Å². The fraction of sp³-hybridized carbons (Fsp3) is 0.188. The third-order valence-electron chi connectivity index (χ3n) is 3.54. The lowest BCUT2D eigenvalue weighted by atomic mass is 9.95. The van der Waals surface area contributed by atoms with Crippen molar-refractivity contribution in [1.29, 1.82) is 0 Å². The zero-order valence-electron chi connectivity index (χ0n) is 11.4. The molecular formula is C16H17N3. The summed E-state index contributed by atoms with van der Waals surface area (Å²) in [4.78, 5) is 0. The SMILES string of the molecule is Cc1cc(C)c(-c2n[nH]c3cccc(N)c23)c(C)c1. The summed E-state index contributed by atoms with van der Waals surface area (Å²) in [6.07, 6.45) is 0. The number of nitrogen functional groups attached to an aromatic ring is 1. The van der Waals surface area contributed by atoms with Crippen LogP contribution in [-0.4, -0.2) is 10.2 Å². The Morgan fingerprint density at radius 2 is 1.74 bits per heavy atom. The lowest BCUT2D eigenvalue weighted by molar-refractivity contribution is 1.12. The zero-order valence-corrected chi connectivity index (χ0v) is 11.4. The molecule has 0 amide bonds. The van der Waals surface area contributed by atoms with E-state index < -0.39 is 0 Å². The van der Waals surface area contributed by atoms with Gasteiger partial charge in [0.15, 0.2) is 0 Å². The van der Waals surface area contributed by atoms with Gasteiger partial charge in [-0.1, -0.05) is 23.8 Å². The number of aromatic amines is 1. The highest BCUT2D eigenvalue weighted by atomic mass is 15.1. The van der Waals surface area contributed by atoms with Crippen LogP contribution >= 0.6 is 0 Å². The minimum atomic E-state index is 0.764. The molecule has 0 saturated heterocycles. The molecule has 0 bridgehead atoms. The fourth-order valence-electron chi connectivity index (χ4n) is 2.83. The molecule has 3 rings (SSSR count). The first-order valence-electron chi connectivity index (χ1n) is 6.38. The number of nitrogens with two attached hydrogens (primary N) is 1. The Hall–Kier alpha value is -2.29. The molecule has 0 radical (unpaired) electrons. The summed E-state index contributed by atoms with van der Waals surface area (Å²) < 4.78 is 0. The third kappa shape index (κ3) is 1.78. The van der Waals surface area contributed by atoms with E-state index in [1.54, 1.807) is 0 Å². The van der Waals surface area contributed by atoms with E-state index in [4.69, 9.17) is 5.73 Å². The van der Waals surface area contributed by atoms with Crippen molar-refractivity contribution in [2.24, 2.45) is 0 Å². The van der Waals surface area contributed by atoms with Crippen molar-refractivity contribution in [3.63, 3.8) is 0 Å². The molecule has 3 N–H and O–H groups in total. The summed E-state index contributed by atoms with van der Waals surface area (Å²) in [5.41, 5.74) is 13.7. The van der Waals surface area contributed by atoms with Crippen LogP contribution in [0.15, 0.2) is 30.3 Å². The van der Waals surface area contributed by atoms with E-state index >= 15 is 0 Å². The molecule has 0 aliphatic carbocycles. The van der Waals surface area contributed by atoms with E-state index in [0.29, 0.717) is 0 Å². The lowest BCUT2D eigenvalue weighted by Gasteiger charge is -2.10. The lowest BCUT2D eigenvalue weighted by Crippen LogP contribution is -1.92. The Balaban J connectivity index is 2.37. The summed E-state index contributed by atoms with van der Waals surface area (Å²) >= 11 is 0. The number of benzene rings is 2. The van der Waals surface area contributed by atoms with Gasteiger partial charge in [-0.3, -0.25) is 5.10 Å². The molecule has 1 aromatic heterocycles. The highest BCUT2D eigenvalue weighted by molar-refractivity contribution is 6.02. The molecule has 96 valence electrons. The van der Waals surface area contributed by atoms with Crippen molar-refractivity contribution in [3.8, 4) is 11.3 Å². The van der Waals surface area contributed by atoms with E-state index in [-0.39, 0.29) is 0 Å². The van der Waals surface area contributed by atoms with Crippen LogP contribution in [0.1, 0.15) is 16.7 Å². The van der Waals surface area contributed by atoms with Gasteiger partial charge in [-0.15, -0.1) is 0 Å². The normalized spacial score (nSPS) is 11.1. The number of nitrogens with one attached hydrogen (secondary N) is 1. The molecule has 0 aliphatic heterocycles. The van der Waals surface area contributed by atoms with Gasteiger partial charge in [0.25, 0.3) is 0 Å². The van der Waals surface area contributed by atoms with Gasteiger partial charge in [-0.05, 0) is 44.0 Å². The third-order valence-corrected chi connectivity index (χ3v) is 3.54. The van der Waals surface area contributed by atoms with Crippen LogP contribution in [0.25, 0.3) is 22.2 Å². The molecule has 0 aliphatic rings. The van der Waals surface area contributed by atoms with Crippen LogP contribution < -0.4 is 5.73 Å². The molecular weight excluding hydrogens is 234 g/mol. The first kappa shape index (κ1) is 11.8. The number of aryl methyl sites for hydroxylation is 3. The summed E-state index contributed by atoms with van der Waals surface area (Å²) in [7, 11) is 0. The maximum absolute atomic E-state index is 6.11. The molecule has 0 unspecified atom stereocenters. The van der Waals surface area contributed by atoms with Gasteiger partial charge in [-0.25, -0.2) is 0 Å². The molecule has 1 heterocycles. The standard InChI is InChI=1S/C16H17N3/c1-9-7-10(2)14(11(3)8-9)16-15-12(17)5-4-6-13(15)18-19-16/h4-8H,17H2,1-3H3,(H,18,19). The molecule has 0 spiro atoms. The maximum atomic E-state index is 6.11. The summed E-state index contributed by atoms with van der Waals surface area (Å²) in [6.45, 7) is 6.35. The average molecular weight is 251 g/mol. The molecule has 0 fully saturated rings. The van der Waals surface area contributed by atoms with Crippen molar-refractivity contribution in [2.45, 2.75) is 20.8 Å². The largest absolute Gasteiger partial charge is 0.398 e. The number of anilines is 1. The second kappa shape index (κ2) is 4.12. The van der Waals surface area contributed by atoms with E-state index in [9.17, 15) is 0 Å². The highest BCUT2D eigenvalue weighted by Gasteiger charge is 2.14. The molecule has 3 aromatic rings. The molecule has 0 saturated carbocycles. The van der Waals surface area contributed by atoms with Gasteiger partial charge < -0.3 is 5.73 Å². The monoisotopic (exact) mass is 251 g/mol. The quantitative estimate of drug-likeness (QED) is 0.647. The van der Waals surface area contributed by atoms with Gasteiger partial charge in [0, 0.05) is 11.3 Å². The summed E-state index contributed by atoms with van der Waals surface area (Å²) in [5, 5.41) is 8.55. The second-order valence-corrected chi connectivity index (χ2v) is 5.12. The number of hydrogen-bond donors (Lipinski definition) is 2. The van der Waals surface area contributed by atoms with E-state index in [0.717, 1.165) is 22.3 Å². The van der Waals surface area contributed by atoms with Crippen LogP contribution in [0.3, 0.4) is 0 Å². The Bertz CT molecular complexity index is 746. The Labute approximate surface area is 112 Å². The second-order valence-electron chi connectivity index (χ2n) is 5.12. The van der Waals surface area contributed by atoms with Gasteiger partial charge >= 0.3 is 0 Å². The maximum Gasteiger partial charge on any atom is 0.103 e. The number of nitrogens with zero attached hydrogens (tertiary/aromatic N) is 1. The average Bonchev–Trinajstić information content (AvgIpc) is 2.73. The Morgan fingerprint density at radius 1 is 1.05 bits per heavy atom. The fourth-order valence-corrected chi connectivity index (χ4v) is 2.83. The minimum Gasteiger partial charge on any atom is -0.398 e. The van der Waals surface area contributed by atoms with Gasteiger partial charge in [0.05, 0.1) is 10.9 Å². The molecule has 3 nitrogen and oxygen atoms in total. The smallest absolute Gasteiger partial charge is 0.103 e. The Morgan fingerprint density at radius 3 is 2.42 bits per heavy atom. The van der Waals surface area contributed by atoms with Crippen molar-refractivity contribution in [1.82, 2.24) is 10.2 Å². The van der Waals surface area contributed by atoms with Crippen LogP contribution in [0.2, 0.25) is 0 Å². The van der Waals surface area contributed by atoms with Crippen LogP contribution in [0.4, 0.5) is 5.69 Å². The Kier molecular flexibility index (Phi) is 2.56. The first-order chi connectivity index (χ1) is 9.08. The topological polar surface area (TPSA) is 54.7 Å².